The Bertz CT molecular complexity index is 317. The van der Waals surface area contributed by atoms with Crippen molar-refractivity contribution >= 4 is 0 Å². The number of rotatable bonds is 1. The Balaban J connectivity index is 2.21. The van der Waals surface area contributed by atoms with Crippen molar-refractivity contribution in [2.24, 2.45) is 0 Å². The molecule has 0 aromatic heterocycles. The van der Waals surface area contributed by atoms with Crippen LogP contribution in [-0.2, 0) is 4.74 Å². The first kappa shape index (κ1) is 10.8. The molecule has 1 saturated carbocycles. The highest BCUT2D eigenvalue weighted by atomic mass is 16.6. The van der Waals surface area contributed by atoms with Gasteiger partial charge in [-0.1, -0.05) is 17.7 Å². The number of aliphatic hydroxyl groups is 3. The molecular weight excluding hydrogens is 196 g/mol. The Labute approximate surface area is 88.5 Å². The monoisotopic (exact) mass is 212 g/mol. The van der Waals surface area contributed by atoms with Gasteiger partial charge in [-0.05, 0) is 19.4 Å². The first-order chi connectivity index (χ1) is 7.02. The quantitative estimate of drug-likeness (QED) is 0.524. The van der Waals surface area contributed by atoms with Crippen molar-refractivity contribution in [2.75, 3.05) is 0 Å². The molecule has 4 nitrogen and oxygen atoms in total. The topological polar surface area (TPSA) is 73.2 Å². The maximum atomic E-state index is 9.79. The van der Waals surface area contributed by atoms with E-state index in [0.717, 1.165) is 5.57 Å². The molecule has 2 fully saturated rings. The molecule has 0 radical (unpaired) electrons. The standard InChI is InChI=1S/C11H16O4/c1-5(2)3-4-6-7(12)9(14)11-10(15-11)8(6)13/h3-4,7-14H,1-2H3. The molecule has 0 aromatic rings. The van der Waals surface area contributed by atoms with Crippen molar-refractivity contribution in [2.45, 2.75) is 44.4 Å². The predicted octanol–water partition coefficient (Wildman–Crippen LogP) is -0.257. The van der Waals surface area contributed by atoms with Gasteiger partial charge in [0, 0.05) is 0 Å². The summed E-state index contributed by atoms with van der Waals surface area (Å²) in [5, 5.41) is 29.1. The van der Waals surface area contributed by atoms with Crippen LogP contribution in [0.5, 0.6) is 0 Å². The molecule has 1 heterocycles. The molecule has 5 unspecified atom stereocenters. The fourth-order valence-corrected chi connectivity index (χ4v) is 1.87. The second kappa shape index (κ2) is 3.72. The first-order valence-electron chi connectivity index (χ1n) is 5.07. The third kappa shape index (κ3) is 1.86. The predicted molar refractivity (Wildman–Crippen MR) is 54.2 cm³/mol. The normalized spacial score (nSPS) is 46.2. The zero-order valence-electron chi connectivity index (χ0n) is 8.79. The molecular formula is C11H16O4. The maximum absolute atomic E-state index is 9.79. The number of hydrogen-bond donors (Lipinski definition) is 3. The van der Waals surface area contributed by atoms with E-state index in [0.29, 0.717) is 5.57 Å². The molecule has 15 heavy (non-hydrogen) atoms. The van der Waals surface area contributed by atoms with Gasteiger partial charge in [-0.25, -0.2) is 0 Å². The van der Waals surface area contributed by atoms with Crippen molar-refractivity contribution in [1.82, 2.24) is 0 Å². The zero-order chi connectivity index (χ0) is 11.2. The first-order valence-corrected chi connectivity index (χ1v) is 5.07. The van der Waals surface area contributed by atoms with Crippen molar-refractivity contribution in [1.29, 1.82) is 0 Å². The fourth-order valence-electron chi connectivity index (χ4n) is 1.87. The number of aliphatic hydroxyl groups excluding tert-OH is 3. The molecule has 5 atom stereocenters. The highest BCUT2D eigenvalue weighted by molar-refractivity contribution is 5.30. The molecule has 4 heteroatoms. The van der Waals surface area contributed by atoms with Crippen LogP contribution in [0.1, 0.15) is 13.8 Å². The second-order valence-electron chi connectivity index (χ2n) is 4.36. The van der Waals surface area contributed by atoms with Crippen LogP contribution in [0.2, 0.25) is 0 Å². The number of fused-ring (bicyclic) bond motifs is 1. The van der Waals surface area contributed by atoms with Gasteiger partial charge >= 0.3 is 0 Å². The average molecular weight is 212 g/mol. The summed E-state index contributed by atoms with van der Waals surface area (Å²) in [5.41, 5.74) is 1.50. The van der Waals surface area contributed by atoms with E-state index in [1.807, 2.05) is 13.8 Å². The van der Waals surface area contributed by atoms with Crippen LogP contribution in [0, 0.1) is 0 Å². The van der Waals surface area contributed by atoms with Crippen LogP contribution < -0.4 is 0 Å². The Morgan fingerprint density at radius 3 is 2.40 bits per heavy atom. The van der Waals surface area contributed by atoms with Gasteiger partial charge in [-0.3, -0.25) is 0 Å². The largest absolute Gasteiger partial charge is 0.387 e. The van der Waals surface area contributed by atoms with E-state index in [1.54, 1.807) is 12.2 Å². The molecule has 0 amide bonds. The summed E-state index contributed by atoms with van der Waals surface area (Å²) in [4.78, 5) is 0. The minimum absolute atomic E-state index is 0.347. The lowest BCUT2D eigenvalue weighted by Crippen LogP contribution is -2.44. The fraction of sp³-hybridized carbons (Fsp3) is 0.636. The van der Waals surface area contributed by atoms with Gasteiger partial charge in [0.05, 0.1) is 0 Å². The molecule has 0 bridgehead atoms. The van der Waals surface area contributed by atoms with Gasteiger partial charge in [-0.2, -0.15) is 0 Å². The van der Waals surface area contributed by atoms with Gasteiger partial charge in [-0.15, -0.1) is 0 Å². The molecule has 1 saturated heterocycles. The summed E-state index contributed by atoms with van der Waals surface area (Å²) in [6.07, 6.45) is -0.0409. The zero-order valence-corrected chi connectivity index (χ0v) is 8.79. The summed E-state index contributed by atoms with van der Waals surface area (Å²) in [6, 6.07) is 0. The highest BCUT2D eigenvalue weighted by Crippen LogP contribution is 2.39. The summed E-state index contributed by atoms with van der Waals surface area (Å²) >= 11 is 0. The summed E-state index contributed by atoms with van der Waals surface area (Å²) < 4.78 is 5.09. The maximum Gasteiger partial charge on any atom is 0.117 e. The number of epoxide rings is 1. The van der Waals surface area contributed by atoms with Crippen LogP contribution in [0.15, 0.2) is 23.3 Å². The van der Waals surface area contributed by atoms with Crippen molar-refractivity contribution in [3.63, 3.8) is 0 Å². The number of hydrogen-bond acceptors (Lipinski definition) is 4. The lowest BCUT2D eigenvalue weighted by Gasteiger charge is -2.26. The Morgan fingerprint density at radius 1 is 1.13 bits per heavy atom. The lowest BCUT2D eigenvalue weighted by molar-refractivity contribution is 0.00450. The molecule has 0 aromatic carbocycles. The Kier molecular flexibility index (Phi) is 2.68. The Morgan fingerprint density at radius 2 is 1.80 bits per heavy atom. The van der Waals surface area contributed by atoms with Gasteiger partial charge in [0.2, 0.25) is 0 Å². The summed E-state index contributed by atoms with van der Waals surface area (Å²) in [7, 11) is 0. The van der Waals surface area contributed by atoms with Crippen molar-refractivity contribution in [3.8, 4) is 0 Å². The van der Waals surface area contributed by atoms with E-state index < -0.39 is 24.4 Å². The number of allylic oxidation sites excluding steroid dienone is 3. The molecule has 0 spiro atoms. The van der Waals surface area contributed by atoms with Gasteiger partial charge in [0.15, 0.2) is 0 Å². The molecule has 84 valence electrons. The highest BCUT2D eigenvalue weighted by Gasteiger charge is 2.57. The average Bonchev–Trinajstić information content (AvgIpc) is 2.94. The van der Waals surface area contributed by atoms with Crippen LogP contribution in [0.25, 0.3) is 0 Å². The van der Waals surface area contributed by atoms with Gasteiger partial charge < -0.3 is 20.1 Å². The van der Waals surface area contributed by atoms with E-state index in [9.17, 15) is 15.3 Å². The molecule has 2 rings (SSSR count). The number of ether oxygens (including phenoxy) is 1. The lowest BCUT2D eigenvalue weighted by atomic mass is 9.87. The van der Waals surface area contributed by atoms with E-state index in [2.05, 4.69) is 0 Å². The molecule has 1 aliphatic carbocycles. The van der Waals surface area contributed by atoms with Crippen LogP contribution >= 0.6 is 0 Å². The van der Waals surface area contributed by atoms with Gasteiger partial charge in [0.1, 0.15) is 30.5 Å². The van der Waals surface area contributed by atoms with Crippen LogP contribution in [0.3, 0.4) is 0 Å². The second-order valence-corrected chi connectivity index (χ2v) is 4.36. The van der Waals surface area contributed by atoms with Crippen LogP contribution in [0.4, 0.5) is 0 Å². The SMILES string of the molecule is CC(C)=CC=C1C(O)C(O)C2OC2C1O. The third-order valence-electron chi connectivity index (χ3n) is 2.82. The molecule has 3 N–H and O–H groups in total. The smallest absolute Gasteiger partial charge is 0.117 e. The van der Waals surface area contributed by atoms with Crippen LogP contribution in [-0.4, -0.2) is 45.8 Å². The Hall–Kier alpha value is -0.680. The molecule has 1 aliphatic heterocycles. The minimum Gasteiger partial charge on any atom is -0.387 e. The third-order valence-corrected chi connectivity index (χ3v) is 2.82. The minimum atomic E-state index is -1.03. The van der Waals surface area contributed by atoms with E-state index in [1.165, 1.54) is 0 Å². The molecule has 2 aliphatic rings. The summed E-state index contributed by atoms with van der Waals surface area (Å²) in [5.74, 6) is 0. The van der Waals surface area contributed by atoms with Gasteiger partial charge in [0.25, 0.3) is 0 Å². The van der Waals surface area contributed by atoms with E-state index in [4.69, 9.17) is 4.74 Å². The summed E-state index contributed by atoms with van der Waals surface area (Å²) in [6.45, 7) is 3.84. The van der Waals surface area contributed by atoms with Crippen molar-refractivity contribution in [3.05, 3.63) is 23.3 Å². The van der Waals surface area contributed by atoms with E-state index >= 15 is 0 Å². The van der Waals surface area contributed by atoms with E-state index in [-0.39, 0.29) is 6.10 Å². The van der Waals surface area contributed by atoms with Crippen molar-refractivity contribution < 1.29 is 20.1 Å².